The van der Waals surface area contributed by atoms with Crippen molar-refractivity contribution >= 4 is 39.7 Å². The molecule has 2 rings (SSSR count). The zero-order valence-corrected chi connectivity index (χ0v) is 15.6. The van der Waals surface area contributed by atoms with Crippen molar-refractivity contribution in [3.05, 3.63) is 10.9 Å². The van der Waals surface area contributed by atoms with Crippen molar-refractivity contribution in [3.63, 3.8) is 0 Å². The summed E-state index contributed by atoms with van der Waals surface area (Å²) in [5, 5.41) is 3.16. The second kappa shape index (κ2) is 8.29. The molecule has 1 aliphatic heterocycles. The van der Waals surface area contributed by atoms with Gasteiger partial charge in [0.1, 0.15) is 4.88 Å². The zero-order valence-electron chi connectivity index (χ0n) is 13.2. The number of carbonyl (C=O) groups excluding carboxylic acids is 1. The van der Waals surface area contributed by atoms with Gasteiger partial charge in [-0.3, -0.25) is 0 Å². The molecule has 0 atom stereocenters. The molecule has 23 heavy (non-hydrogen) atoms. The Morgan fingerprint density at radius 2 is 1.96 bits per heavy atom. The highest BCUT2D eigenvalue weighted by atomic mass is 35.5. The monoisotopic (exact) mass is 384 g/mol. The Hall–Kier alpha value is -0.870. The molecule has 0 bridgehead atoms. The van der Waals surface area contributed by atoms with Gasteiger partial charge < -0.3 is 14.8 Å². The van der Waals surface area contributed by atoms with Gasteiger partial charge in [0.05, 0.1) is 14.2 Å². The minimum atomic E-state index is -3.67. The highest BCUT2D eigenvalue weighted by Crippen LogP contribution is 2.36. The van der Waals surface area contributed by atoms with Crippen LogP contribution in [-0.4, -0.2) is 59.1 Å². The van der Waals surface area contributed by atoms with Gasteiger partial charge >= 0.3 is 5.97 Å². The molecular formula is C13H21ClN2O5S2. The van der Waals surface area contributed by atoms with Crippen molar-refractivity contribution in [2.24, 2.45) is 0 Å². The number of thiophene rings is 1. The maximum Gasteiger partial charge on any atom is 0.348 e. The third-order valence-corrected chi connectivity index (χ3v) is 7.20. The Bertz CT molecular complexity index is 639. The molecule has 0 aliphatic carbocycles. The Balaban J connectivity index is 0.00000264. The highest BCUT2D eigenvalue weighted by molar-refractivity contribution is 7.91. The van der Waals surface area contributed by atoms with Crippen LogP contribution in [0.4, 0.5) is 0 Å². The molecule has 0 aromatic carbocycles. The number of carbonyl (C=O) groups is 1. The molecule has 7 nitrogen and oxygen atoms in total. The van der Waals surface area contributed by atoms with Gasteiger partial charge in [0.15, 0.2) is 9.96 Å². The Labute approximate surface area is 146 Å². The van der Waals surface area contributed by atoms with Crippen molar-refractivity contribution in [2.45, 2.75) is 23.1 Å². The van der Waals surface area contributed by atoms with E-state index in [4.69, 9.17) is 4.74 Å². The van der Waals surface area contributed by atoms with Crippen LogP contribution in [0.25, 0.3) is 0 Å². The molecule has 1 aliphatic rings. The quantitative estimate of drug-likeness (QED) is 0.771. The van der Waals surface area contributed by atoms with E-state index >= 15 is 0 Å². The van der Waals surface area contributed by atoms with Crippen LogP contribution in [0, 0.1) is 0 Å². The maximum absolute atomic E-state index is 12.8. The van der Waals surface area contributed by atoms with Gasteiger partial charge in [-0.05, 0) is 19.9 Å². The van der Waals surface area contributed by atoms with Gasteiger partial charge in [0, 0.05) is 25.2 Å². The number of ether oxygens (including phenoxy) is 2. The van der Waals surface area contributed by atoms with Gasteiger partial charge in [-0.2, -0.15) is 4.31 Å². The number of hydrogen-bond donors (Lipinski definition) is 1. The van der Waals surface area contributed by atoms with E-state index in [1.165, 1.54) is 24.6 Å². The molecule has 0 radical (unpaired) electrons. The van der Waals surface area contributed by atoms with Crippen molar-refractivity contribution in [3.8, 4) is 5.75 Å². The first-order valence-electron chi connectivity index (χ1n) is 6.87. The number of halogens is 1. The fraction of sp³-hybridized carbons (Fsp3) is 0.615. The van der Waals surface area contributed by atoms with Crippen LogP contribution >= 0.6 is 23.7 Å². The van der Waals surface area contributed by atoms with E-state index in [-0.39, 0.29) is 27.2 Å². The minimum Gasteiger partial charge on any atom is -0.494 e. The lowest BCUT2D eigenvalue weighted by molar-refractivity contribution is 0.0606. The van der Waals surface area contributed by atoms with Crippen molar-refractivity contribution in [1.82, 2.24) is 9.62 Å². The molecule has 1 aromatic rings. The van der Waals surface area contributed by atoms with Crippen LogP contribution in [0.3, 0.4) is 0 Å². The number of nitrogens with zero attached hydrogens (tertiary/aromatic N) is 1. The fourth-order valence-corrected chi connectivity index (χ4v) is 5.49. The Morgan fingerprint density at radius 1 is 1.35 bits per heavy atom. The lowest BCUT2D eigenvalue weighted by Crippen LogP contribution is -2.43. The molecule has 1 fully saturated rings. The topological polar surface area (TPSA) is 84.9 Å². The summed E-state index contributed by atoms with van der Waals surface area (Å²) in [7, 11) is 0.848. The largest absolute Gasteiger partial charge is 0.494 e. The molecule has 1 saturated heterocycles. The summed E-state index contributed by atoms with van der Waals surface area (Å²) in [5.41, 5.74) is 0. The van der Waals surface area contributed by atoms with E-state index in [1.807, 2.05) is 7.05 Å². The van der Waals surface area contributed by atoms with Crippen molar-refractivity contribution < 1.29 is 22.7 Å². The third kappa shape index (κ3) is 4.16. The average Bonchev–Trinajstić information content (AvgIpc) is 2.99. The van der Waals surface area contributed by atoms with Crippen LogP contribution in [-0.2, 0) is 14.8 Å². The highest BCUT2D eigenvalue weighted by Gasteiger charge is 2.33. The van der Waals surface area contributed by atoms with E-state index in [1.54, 1.807) is 0 Å². The Kier molecular flexibility index (Phi) is 7.28. The number of esters is 1. The van der Waals surface area contributed by atoms with Crippen molar-refractivity contribution in [1.29, 1.82) is 0 Å². The van der Waals surface area contributed by atoms with E-state index in [0.29, 0.717) is 19.1 Å². The number of methoxy groups -OCH3 is 2. The Morgan fingerprint density at radius 3 is 2.43 bits per heavy atom. The van der Waals surface area contributed by atoms with Gasteiger partial charge in [-0.25, -0.2) is 13.2 Å². The van der Waals surface area contributed by atoms with Crippen LogP contribution < -0.4 is 10.1 Å². The number of piperidine rings is 1. The smallest absolute Gasteiger partial charge is 0.348 e. The summed E-state index contributed by atoms with van der Waals surface area (Å²) >= 11 is 0.879. The number of rotatable bonds is 5. The average molecular weight is 385 g/mol. The molecule has 0 spiro atoms. The number of sulfonamides is 1. The lowest BCUT2D eigenvalue weighted by atomic mass is 10.1. The SMILES string of the molecule is CNC1CCN(S(=O)(=O)c2sc(C(=O)OC)cc2OC)CC1.Cl. The first-order chi connectivity index (χ1) is 10.4. The summed E-state index contributed by atoms with van der Waals surface area (Å²) in [4.78, 5) is 11.8. The molecule has 0 amide bonds. The molecule has 10 heteroatoms. The minimum absolute atomic E-state index is 0. The second-order valence-corrected chi connectivity index (χ2v) is 8.11. The fourth-order valence-electron chi connectivity index (χ4n) is 2.38. The van der Waals surface area contributed by atoms with Crippen LogP contribution in [0.2, 0.25) is 0 Å². The van der Waals surface area contributed by atoms with E-state index in [2.05, 4.69) is 10.1 Å². The molecular weight excluding hydrogens is 364 g/mol. The molecule has 132 valence electrons. The summed E-state index contributed by atoms with van der Waals surface area (Å²) in [6, 6.07) is 1.74. The normalized spacial score (nSPS) is 16.7. The molecule has 2 heterocycles. The van der Waals surface area contributed by atoms with Gasteiger partial charge in [-0.15, -0.1) is 23.7 Å². The number of hydrogen-bond acceptors (Lipinski definition) is 7. The summed E-state index contributed by atoms with van der Waals surface area (Å²) < 4.78 is 36.8. The van der Waals surface area contributed by atoms with Crippen LogP contribution in [0.5, 0.6) is 5.75 Å². The standard InChI is InChI=1S/C13H20N2O5S2.ClH/c1-14-9-4-6-15(7-5-9)22(17,18)13-10(19-2)8-11(21-13)12(16)20-3;/h8-9,14H,4-7H2,1-3H3;1H. The molecule has 0 saturated carbocycles. The maximum atomic E-state index is 12.8. The van der Waals surface area contributed by atoms with Crippen molar-refractivity contribution in [2.75, 3.05) is 34.4 Å². The van der Waals surface area contributed by atoms with Gasteiger partial charge in [0.2, 0.25) is 0 Å². The van der Waals surface area contributed by atoms with E-state index < -0.39 is 16.0 Å². The summed E-state index contributed by atoms with van der Waals surface area (Å²) in [5.74, 6) is -0.389. The molecule has 1 aromatic heterocycles. The lowest BCUT2D eigenvalue weighted by Gasteiger charge is -2.30. The van der Waals surface area contributed by atoms with Gasteiger partial charge in [0.25, 0.3) is 10.0 Å². The predicted octanol–water partition coefficient (Wildman–Crippen LogP) is 1.34. The number of nitrogens with one attached hydrogen (secondary N) is 1. The van der Waals surface area contributed by atoms with E-state index in [0.717, 1.165) is 24.2 Å². The van der Waals surface area contributed by atoms with Gasteiger partial charge in [-0.1, -0.05) is 0 Å². The first-order valence-corrected chi connectivity index (χ1v) is 9.13. The zero-order chi connectivity index (χ0) is 16.3. The molecule has 0 unspecified atom stereocenters. The third-order valence-electron chi connectivity index (χ3n) is 3.71. The first kappa shape index (κ1) is 20.2. The predicted molar refractivity (Wildman–Crippen MR) is 90.3 cm³/mol. The summed E-state index contributed by atoms with van der Waals surface area (Å²) in [6.45, 7) is 0.894. The van der Waals surface area contributed by atoms with Crippen LogP contribution in [0.1, 0.15) is 22.5 Å². The van der Waals surface area contributed by atoms with E-state index in [9.17, 15) is 13.2 Å². The molecule has 1 N–H and O–H groups in total. The summed E-state index contributed by atoms with van der Waals surface area (Å²) in [6.07, 6.45) is 1.51. The van der Waals surface area contributed by atoms with Crippen LogP contribution in [0.15, 0.2) is 10.3 Å². The second-order valence-electron chi connectivity index (χ2n) is 4.93.